The fourth-order valence-corrected chi connectivity index (χ4v) is 4.48. The van der Waals surface area contributed by atoms with Crippen LogP contribution < -0.4 is 18.5 Å². The van der Waals surface area contributed by atoms with Gasteiger partial charge < -0.3 is 14.2 Å². The SMILES string of the molecule is COc1cc(C(C)=O)ccc1OCC(=O)Oc1ccc(N(C)S(=O)(=O)c2ccc(C)c(C)c2)cc1. The van der Waals surface area contributed by atoms with Gasteiger partial charge in [-0.1, -0.05) is 6.07 Å². The number of benzene rings is 3. The van der Waals surface area contributed by atoms with Gasteiger partial charge in [-0.25, -0.2) is 13.2 Å². The fraction of sp³-hybridized carbons (Fsp3) is 0.231. The van der Waals surface area contributed by atoms with Gasteiger partial charge in [0.25, 0.3) is 10.0 Å². The molecule has 0 bridgehead atoms. The molecule has 0 aliphatic rings. The third kappa shape index (κ3) is 5.99. The number of nitrogens with zero attached hydrogens (tertiary/aromatic N) is 1. The van der Waals surface area contributed by atoms with Gasteiger partial charge in [-0.2, -0.15) is 0 Å². The summed E-state index contributed by atoms with van der Waals surface area (Å²) in [6.45, 7) is 4.83. The molecule has 3 aromatic rings. The zero-order chi connectivity index (χ0) is 25.8. The van der Waals surface area contributed by atoms with Crippen molar-refractivity contribution in [2.45, 2.75) is 25.7 Å². The first-order chi connectivity index (χ1) is 16.5. The van der Waals surface area contributed by atoms with Gasteiger partial charge in [0.05, 0.1) is 17.7 Å². The number of ketones is 1. The zero-order valence-corrected chi connectivity index (χ0v) is 21.0. The maximum atomic E-state index is 13.0. The number of aryl methyl sites for hydroxylation is 2. The highest BCUT2D eigenvalue weighted by Crippen LogP contribution is 2.29. The van der Waals surface area contributed by atoms with Crippen molar-refractivity contribution in [1.82, 2.24) is 0 Å². The molecule has 3 rings (SSSR count). The Hall–Kier alpha value is -3.85. The van der Waals surface area contributed by atoms with Crippen molar-refractivity contribution in [2.75, 3.05) is 25.1 Å². The second-order valence-corrected chi connectivity index (χ2v) is 9.87. The van der Waals surface area contributed by atoms with Crippen LogP contribution in [0.1, 0.15) is 28.4 Å². The number of hydrogen-bond donors (Lipinski definition) is 0. The molecule has 9 heteroatoms. The molecule has 0 N–H and O–H groups in total. The Morgan fingerprint density at radius 3 is 2.17 bits per heavy atom. The van der Waals surface area contributed by atoms with Crippen molar-refractivity contribution in [1.29, 1.82) is 0 Å². The van der Waals surface area contributed by atoms with Crippen LogP contribution in [0.5, 0.6) is 17.2 Å². The second kappa shape index (κ2) is 10.6. The van der Waals surface area contributed by atoms with Gasteiger partial charge in [0, 0.05) is 12.6 Å². The number of hydrogen-bond acceptors (Lipinski definition) is 7. The molecule has 0 radical (unpaired) electrons. The summed E-state index contributed by atoms with van der Waals surface area (Å²) in [5.74, 6) is 0.0701. The van der Waals surface area contributed by atoms with Crippen LogP contribution in [0.4, 0.5) is 5.69 Å². The molecule has 0 unspecified atom stereocenters. The second-order valence-electron chi connectivity index (χ2n) is 7.90. The maximum absolute atomic E-state index is 13.0. The topological polar surface area (TPSA) is 99.2 Å². The lowest BCUT2D eigenvalue weighted by Gasteiger charge is -2.20. The lowest BCUT2D eigenvalue weighted by atomic mass is 10.1. The van der Waals surface area contributed by atoms with E-state index in [9.17, 15) is 18.0 Å². The summed E-state index contributed by atoms with van der Waals surface area (Å²) in [5, 5.41) is 0. The number of carbonyl (C=O) groups excluding carboxylic acids is 2. The summed E-state index contributed by atoms with van der Waals surface area (Å²) in [4.78, 5) is 23.9. The van der Waals surface area contributed by atoms with Crippen molar-refractivity contribution in [2.24, 2.45) is 0 Å². The van der Waals surface area contributed by atoms with Crippen LogP contribution in [0.3, 0.4) is 0 Å². The smallest absolute Gasteiger partial charge is 0.349 e. The molecular formula is C26H27NO7S. The van der Waals surface area contributed by atoms with Crippen molar-refractivity contribution in [3.63, 3.8) is 0 Å². The highest BCUT2D eigenvalue weighted by Gasteiger charge is 2.22. The maximum Gasteiger partial charge on any atom is 0.349 e. The molecule has 8 nitrogen and oxygen atoms in total. The van der Waals surface area contributed by atoms with Crippen LogP contribution in [0.25, 0.3) is 0 Å². The minimum Gasteiger partial charge on any atom is -0.493 e. The van der Waals surface area contributed by atoms with Crippen molar-refractivity contribution < 1.29 is 32.2 Å². The van der Waals surface area contributed by atoms with Crippen LogP contribution in [-0.2, 0) is 14.8 Å². The molecular weight excluding hydrogens is 470 g/mol. The zero-order valence-electron chi connectivity index (χ0n) is 20.2. The number of methoxy groups -OCH3 is 1. The lowest BCUT2D eigenvalue weighted by molar-refractivity contribution is -0.136. The molecule has 0 saturated heterocycles. The van der Waals surface area contributed by atoms with Gasteiger partial charge >= 0.3 is 5.97 Å². The molecule has 0 aliphatic carbocycles. The molecule has 0 fully saturated rings. The van der Waals surface area contributed by atoms with E-state index in [0.717, 1.165) is 11.1 Å². The first-order valence-electron chi connectivity index (χ1n) is 10.7. The number of sulfonamides is 1. The largest absolute Gasteiger partial charge is 0.493 e. The van der Waals surface area contributed by atoms with E-state index in [1.54, 1.807) is 42.5 Å². The van der Waals surface area contributed by atoms with Crippen LogP contribution in [-0.4, -0.2) is 40.9 Å². The first kappa shape index (κ1) is 25.8. The summed E-state index contributed by atoms with van der Waals surface area (Å²) in [5.41, 5.74) is 2.76. The lowest BCUT2D eigenvalue weighted by Crippen LogP contribution is -2.26. The van der Waals surface area contributed by atoms with E-state index in [4.69, 9.17) is 14.2 Å². The molecule has 0 amide bonds. The van der Waals surface area contributed by atoms with Crippen molar-refractivity contribution >= 4 is 27.5 Å². The molecule has 0 atom stereocenters. The number of anilines is 1. The minimum atomic E-state index is -3.75. The summed E-state index contributed by atoms with van der Waals surface area (Å²) in [7, 11) is -0.853. The Morgan fingerprint density at radius 2 is 1.57 bits per heavy atom. The highest BCUT2D eigenvalue weighted by atomic mass is 32.2. The predicted molar refractivity (Wildman–Crippen MR) is 132 cm³/mol. The minimum absolute atomic E-state index is 0.120. The van der Waals surface area contributed by atoms with Crippen LogP contribution in [0, 0.1) is 13.8 Å². The van der Waals surface area contributed by atoms with E-state index in [-0.39, 0.29) is 16.4 Å². The Balaban J connectivity index is 1.64. The number of ether oxygens (including phenoxy) is 3. The Bertz CT molecular complexity index is 1350. The van der Waals surface area contributed by atoms with E-state index in [2.05, 4.69) is 0 Å². The fourth-order valence-electron chi connectivity index (χ4n) is 3.20. The van der Waals surface area contributed by atoms with Crippen LogP contribution in [0.2, 0.25) is 0 Å². The number of carbonyl (C=O) groups is 2. The summed E-state index contributed by atoms with van der Waals surface area (Å²) in [6, 6.07) is 15.7. The molecule has 35 heavy (non-hydrogen) atoms. The molecule has 0 aromatic heterocycles. The Labute approximate surface area is 205 Å². The third-order valence-electron chi connectivity index (χ3n) is 5.48. The average Bonchev–Trinajstić information content (AvgIpc) is 2.84. The van der Waals surface area contributed by atoms with Gasteiger partial charge in [-0.15, -0.1) is 0 Å². The van der Waals surface area contributed by atoms with Crippen molar-refractivity contribution in [3.05, 3.63) is 77.4 Å². The van der Waals surface area contributed by atoms with Gasteiger partial charge in [0.1, 0.15) is 5.75 Å². The van der Waals surface area contributed by atoms with Crippen LogP contribution >= 0.6 is 0 Å². The number of rotatable bonds is 9. The van der Waals surface area contributed by atoms with Gasteiger partial charge in [0.2, 0.25) is 0 Å². The van der Waals surface area contributed by atoms with E-state index in [1.807, 2.05) is 13.8 Å². The third-order valence-corrected chi connectivity index (χ3v) is 7.27. The summed E-state index contributed by atoms with van der Waals surface area (Å²) < 4.78 is 43.1. The monoisotopic (exact) mass is 497 g/mol. The Kier molecular flexibility index (Phi) is 7.81. The van der Waals surface area contributed by atoms with Crippen molar-refractivity contribution in [3.8, 4) is 17.2 Å². The summed E-state index contributed by atoms with van der Waals surface area (Å²) >= 11 is 0. The van der Waals surface area contributed by atoms with Gasteiger partial charge in [0.15, 0.2) is 23.9 Å². The standard InChI is InChI=1S/C26H27NO7S/c1-17-6-12-23(14-18(17)2)35(30,31)27(4)21-8-10-22(11-9-21)34-26(29)16-33-24-13-7-20(19(3)28)15-25(24)32-5/h6-15H,16H2,1-5H3. The molecule has 3 aromatic carbocycles. The molecule has 0 heterocycles. The number of esters is 1. The number of Topliss-reactive ketones (excluding diaryl/α,β-unsaturated/α-hetero) is 1. The van der Waals surface area contributed by atoms with Gasteiger partial charge in [-0.05, 0) is 86.5 Å². The van der Waals surface area contributed by atoms with E-state index in [1.165, 1.54) is 43.6 Å². The molecule has 184 valence electrons. The van der Waals surface area contributed by atoms with Crippen LogP contribution in [0.15, 0.2) is 65.6 Å². The quantitative estimate of drug-likeness (QED) is 0.247. The molecule has 0 aliphatic heterocycles. The molecule has 0 saturated carbocycles. The molecule has 0 spiro atoms. The highest BCUT2D eigenvalue weighted by molar-refractivity contribution is 7.92. The Morgan fingerprint density at radius 1 is 0.886 bits per heavy atom. The van der Waals surface area contributed by atoms with E-state index < -0.39 is 22.6 Å². The normalized spacial score (nSPS) is 11.0. The average molecular weight is 498 g/mol. The van der Waals surface area contributed by atoms with E-state index >= 15 is 0 Å². The first-order valence-corrected chi connectivity index (χ1v) is 12.2. The predicted octanol–water partition coefficient (Wildman–Crippen LogP) is 4.32. The van der Waals surface area contributed by atoms with E-state index in [0.29, 0.717) is 22.7 Å². The summed E-state index contributed by atoms with van der Waals surface area (Å²) in [6.07, 6.45) is 0. The van der Waals surface area contributed by atoms with Gasteiger partial charge in [-0.3, -0.25) is 9.10 Å².